The van der Waals surface area contributed by atoms with Crippen LogP contribution in [0.1, 0.15) is 18.9 Å². The molecule has 0 saturated heterocycles. The van der Waals surface area contributed by atoms with E-state index in [1.54, 1.807) is 6.20 Å². The van der Waals surface area contributed by atoms with Gasteiger partial charge in [0.05, 0.1) is 6.20 Å². The first-order valence-corrected chi connectivity index (χ1v) is 6.59. The summed E-state index contributed by atoms with van der Waals surface area (Å²) < 4.78 is 24.9. The van der Waals surface area contributed by atoms with Crippen molar-refractivity contribution in [2.24, 2.45) is 0 Å². The van der Waals surface area contributed by atoms with E-state index < -0.39 is 10.0 Å². The molecular weight excluding hydrogens is 228 g/mol. The molecule has 0 aromatic carbocycles. The van der Waals surface area contributed by atoms with Crippen LogP contribution in [-0.4, -0.2) is 43.6 Å². The lowest BCUT2D eigenvalue weighted by Gasteiger charge is -2.11. The van der Waals surface area contributed by atoms with E-state index in [4.69, 9.17) is 0 Å². The molecule has 1 aromatic heterocycles. The van der Waals surface area contributed by atoms with E-state index >= 15 is 0 Å². The van der Waals surface area contributed by atoms with Crippen LogP contribution in [0.4, 0.5) is 0 Å². The molecule has 1 heterocycles. The zero-order valence-electron chi connectivity index (χ0n) is 9.82. The highest BCUT2D eigenvalue weighted by molar-refractivity contribution is 7.89. The molecule has 0 aliphatic carbocycles. The van der Waals surface area contributed by atoms with E-state index in [9.17, 15) is 8.42 Å². The Morgan fingerprint density at radius 3 is 2.75 bits per heavy atom. The summed E-state index contributed by atoms with van der Waals surface area (Å²) in [5.74, 6) is 0. The smallest absolute Gasteiger partial charge is 0.259 e. The van der Waals surface area contributed by atoms with Crippen molar-refractivity contribution < 1.29 is 8.42 Å². The maximum atomic E-state index is 11.9. The first-order valence-electron chi connectivity index (χ1n) is 5.15. The summed E-state index contributed by atoms with van der Waals surface area (Å²) in [7, 11) is -0.427. The van der Waals surface area contributed by atoms with E-state index in [0.29, 0.717) is 12.1 Å². The minimum absolute atomic E-state index is 0.168. The molecule has 0 radical (unpaired) electrons. The molecule has 6 nitrogen and oxygen atoms in total. The molecule has 0 spiro atoms. The van der Waals surface area contributed by atoms with Gasteiger partial charge in [0.25, 0.3) is 10.0 Å². The number of aromatic nitrogens is 2. The van der Waals surface area contributed by atoms with Crippen molar-refractivity contribution in [3.05, 3.63) is 11.8 Å². The molecule has 7 heteroatoms. The van der Waals surface area contributed by atoms with Gasteiger partial charge in [-0.05, 0) is 13.0 Å². The highest BCUT2D eigenvalue weighted by Crippen LogP contribution is 2.14. The molecule has 0 unspecified atom stereocenters. The third kappa shape index (κ3) is 2.81. The Morgan fingerprint density at radius 2 is 2.19 bits per heavy atom. The average Bonchev–Trinajstić information content (AvgIpc) is 2.66. The van der Waals surface area contributed by atoms with Crippen LogP contribution < -0.4 is 5.32 Å². The lowest BCUT2D eigenvalue weighted by molar-refractivity contribution is 0.514. The number of sulfonamides is 1. The largest absolute Gasteiger partial charge is 0.313 e. The normalized spacial score (nSPS) is 12.2. The molecule has 2 N–H and O–H groups in total. The number of hydrogen-bond acceptors (Lipinski definition) is 4. The van der Waals surface area contributed by atoms with Crippen molar-refractivity contribution in [2.45, 2.75) is 24.9 Å². The lowest BCUT2D eigenvalue weighted by atomic mass is 10.3. The van der Waals surface area contributed by atoms with Gasteiger partial charge < -0.3 is 5.32 Å². The van der Waals surface area contributed by atoms with Crippen molar-refractivity contribution in [2.75, 3.05) is 20.6 Å². The highest BCUT2D eigenvalue weighted by atomic mass is 32.2. The Balaban J connectivity index is 2.86. The van der Waals surface area contributed by atoms with Crippen molar-refractivity contribution in [3.63, 3.8) is 0 Å². The summed E-state index contributed by atoms with van der Waals surface area (Å²) in [5, 5.41) is 9.63. The molecule has 16 heavy (non-hydrogen) atoms. The highest BCUT2D eigenvalue weighted by Gasteiger charge is 2.22. The van der Waals surface area contributed by atoms with Crippen LogP contribution in [0.2, 0.25) is 0 Å². The molecule has 0 amide bonds. The molecule has 0 aliphatic rings. The number of hydrogen-bond donors (Lipinski definition) is 2. The first kappa shape index (κ1) is 13.1. The maximum absolute atomic E-state index is 11.9. The summed E-state index contributed by atoms with van der Waals surface area (Å²) in [6.07, 6.45) is 2.55. The molecule has 0 aliphatic heterocycles. The van der Waals surface area contributed by atoms with Crippen LogP contribution in [0.3, 0.4) is 0 Å². The second kappa shape index (κ2) is 5.42. The zero-order valence-corrected chi connectivity index (χ0v) is 10.6. The summed E-state index contributed by atoms with van der Waals surface area (Å²) in [5.41, 5.74) is 0.669. The first-order chi connectivity index (χ1) is 7.50. The fourth-order valence-corrected chi connectivity index (χ4v) is 2.22. The van der Waals surface area contributed by atoms with E-state index in [0.717, 1.165) is 13.0 Å². The van der Waals surface area contributed by atoms with E-state index in [1.165, 1.54) is 18.4 Å². The second-order valence-electron chi connectivity index (χ2n) is 3.69. The van der Waals surface area contributed by atoms with Crippen LogP contribution in [-0.2, 0) is 16.6 Å². The molecule has 0 atom stereocenters. The Morgan fingerprint density at radius 1 is 1.50 bits per heavy atom. The number of H-pyrrole nitrogens is 1. The molecule has 0 bridgehead atoms. The van der Waals surface area contributed by atoms with E-state index in [-0.39, 0.29) is 5.03 Å². The summed E-state index contributed by atoms with van der Waals surface area (Å²) in [6.45, 7) is 3.42. The molecule has 92 valence electrons. The predicted molar refractivity (Wildman–Crippen MR) is 61.5 cm³/mol. The number of rotatable bonds is 6. The van der Waals surface area contributed by atoms with Gasteiger partial charge in [0, 0.05) is 26.2 Å². The topological polar surface area (TPSA) is 78.1 Å². The van der Waals surface area contributed by atoms with Crippen LogP contribution in [0, 0.1) is 0 Å². The van der Waals surface area contributed by atoms with Crippen molar-refractivity contribution >= 4 is 10.0 Å². The van der Waals surface area contributed by atoms with Gasteiger partial charge in [0.2, 0.25) is 0 Å². The molecule has 1 aromatic rings. The Labute approximate surface area is 96.1 Å². The maximum Gasteiger partial charge on any atom is 0.259 e. The Hall–Kier alpha value is -0.920. The van der Waals surface area contributed by atoms with Crippen molar-refractivity contribution in [3.8, 4) is 0 Å². The standard InChI is InChI=1S/C9H18N4O2S/c1-4-5-10-6-8-7-11-12-9(8)16(14,15)13(2)3/h7,10H,4-6H2,1-3H3,(H,11,12). The molecule has 0 saturated carbocycles. The average molecular weight is 246 g/mol. The summed E-state index contributed by atoms with van der Waals surface area (Å²) in [6, 6.07) is 0. The fourth-order valence-electron chi connectivity index (χ4n) is 1.23. The van der Waals surface area contributed by atoms with E-state index in [2.05, 4.69) is 22.4 Å². The number of aromatic amines is 1. The van der Waals surface area contributed by atoms with Crippen LogP contribution in [0.5, 0.6) is 0 Å². The van der Waals surface area contributed by atoms with Crippen LogP contribution in [0.25, 0.3) is 0 Å². The Bertz CT molecular complexity index is 424. The third-order valence-electron chi connectivity index (χ3n) is 2.16. The van der Waals surface area contributed by atoms with Gasteiger partial charge in [-0.1, -0.05) is 6.92 Å². The fraction of sp³-hybridized carbons (Fsp3) is 0.667. The van der Waals surface area contributed by atoms with Gasteiger partial charge >= 0.3 is 0 Å². The Kier molecular flexibility index (Phi) is 4.45. The monoisotopic (exact) mass is 246 g/mol. The summed E-state index contributed by atoms with van der Waals surface area (Å²) >= 11 is 0. The molecule has 1 rings (SSSR count). The van der Waals surface area contributed by atoms with Gasteiger partial charge in [-0.15, -0.1) is 0 Å². The van der Waals surface area contributed by atoms with Crippen LogP contribution >= 0.6 is 0 Å². The van der Waals surface area contributed by atoms with Gasteiger partial charge in [0.15, 0.2) is 5.03 Å². The number of nitrogens with zero attached hydrogens (tertiary/aromatic N) is 2. The second-order valence-corrected chi connectivity index (χ2v) is 5.78. The predicted octanol–water partition coefficient (Wildman–Crippen LogP) is 0.160. The van der Waals surface area contributed by atoms with Gasteiger partial charge in [0.1, 0.15) is 0 Å². The van der Waals surface area contributed by atoms with Gasteiger partial charge in [-0.3, -0.25) is 5.10 Å². The quantitative estimate of drug-likeness (QED) is 0.701. The third-order valence-corrected chi connectivity index (χ3v) is 3.99. The van der Waals surface area contributed by atoms with Gasteiger partial charge in [-0.25, -0.2) is 12.7 Å². The molecular formula is C9H18N4O2S. The summed E-state index contributed by atoms with van der Waals surface area (Å²) in [4.78, 5) is 0. The van der Waals surface area contributed by atoms with Gasteiger partial charge in [-0.2, -0.15) is 5.10 Å². The SMILES string of the molecule is CCCNCc1cn[nH]c1S(=O)(=O)N(C)C. The minimum Gasteiger partial charge on any atom is -0.313 e. The van der Waals surface area contributed by atoms with Crippen molar-refractivity contribution in [1.82, 2.24) is 19.8 Å². The lowest BCUT2D eigenvalue weighted by Crippen LogP contribution is -2.25. The number of nitrogens with one attached hydrogen (secondary N) is 2. The van der Waals surface area contributed by atoms with Crippen molar-refractivity contribution in [1.29, 1.82) is 0 Å². The zero-order chi connectivity index (χ0) is 12.2. The minimum atomic E-state index is -3.43. The molecule has 0 fully saturated rings. The van der Waals surface area contributed by atoms with E-state index in [1.807, 2.05) is 0 Å². The van der Waals surface area contributed by atoms with Crippen LogP contribution in [0.15, 0.2) is 11.2 Å².